The number of β-amino-alcohol motifs (C(OH)–C–C–N with tert-alkyl or cyclic N) is 1. The van der Waals surface area contributed by atoms with E-state index >= 15 is 0 Å². The molecule has 3 aliphatic rings. The zero-order valence-corrected chi connectivity index (χ0v) is 12.3. The molecule has 3 fully saturated rings. The maximum absolute atomic E-state index is 12.0. The Bertz CT molecular complexity index is 593. The highest BCUT2D eigenvalue weighted by Gasteiger charge is 2.52. The molecule has 1 aromatic heterocycles. The van der Waals surface area contributed by atoms with Gasteiger partial charge in [-0.2, -0.15) is 0 Å². The molecule has 21 heavy (non-hydrogen) atoms. The van der Waals surface area contributed by atoms with Gasteiger partial charge in [-0.1, -0.05) is 6.92 Å². The van der Waals surface area contributed by atoms with Gasteiger partial charge in [0.1, 0.15) is 17.1 Å². The molecule has 112 valence electrons. The van der Waals surface area contributed by atoms with Gasteiger partial charge < -0.3 is 14.4 Å². The fraction of sp³-hybridized carbons (Fsp3) is 0.588. The fourth-order valence-corrected chi connectivity index (χ4v) is 3.28. The zero-order chi connectivity index (χ0) is 14.6. The summed E-state index contributed by atoms with van der Waals surface area (Å²) in [6.45, 7) is 3.17. The van der Waals surface area contributed by atoms with Crippen molar-refractivity contribution in [3.05, 3.63) is 29.7 Å². The molecular formula is C17H21NO3. The van der Waals surface area contributed by atoms with Crippen molar-refractivity contribution < 1.29 is 14.3 Å². The van der Waals surface area contributed by atoms with Gasteiger partial charge in [-0.25, -0.2) is 0 Å². The predicted molar refractivity (Wildman–Crippen MR) is 78.5 cm³/mol. The highest BCUT2D eigenvalue weighted by Crippen LogP contribution is 2.47. The third-order valence-electron chi connectivity index (χ3n) is 5.09. The molecule has 1 aromatic rings. The van der Waals surface area contributed by atoms with Gasteiger partial charge in [0.2, 0.25) is 5.91 Å². The summed E-state index contributed by atoms with van der Waals surface area (Å²) in [5.74, 6) is 3.41. The molecule has 1 aliphatic heterocycles. The molecule has 0 bridgehead atoms. The lowest BCUT2D eigenvalue weighted by molar-refractivity contribution is -0.154. The quantitative estimate of drug-likeness (QED) is 0.865. The van der Waals surface area contributed by atoms with Crippen molar-refractivity contribution >= 4 is 12.0 Å². The van der Waals surface area contributed by atoms with Crippen LogP contribution in [0.15, 0.2) is 22.6 Å². The van der Waals surface area contributed by atoms with Crippen molar-refractivity contribution in [2.24, 2.45) is 11.8 Å². The molecular weight excluding hydrogens is 266 g/mol. The smallest absolute Gasteiger partial charge is 0.246 e. The van der Waals surface area contributed by atoms with Crippen LogP contribution in [0.5, 0.6) is 0 Å². The lowest BCUT2D eigenvalue weighted by atomic mass is 9.88. The number of hydrogen-bond acceptors (Lipinski definition) is 3. The maximum Gasteiger partial charge on any atom is 0.246 e. The first-order chi connectivity index (χ1) is 10.0. The number of amides is 1. The molecule has 2 saturated carbocycles. The minimum atomic E-state index is -0.608. The molecule has 1 amide bonds. The summed E-state index contributed by atoms with van der Waals surface area (Å²) in [7, 11) is 0. The number of hydrogen-bond donors (Lipinski definition) is 1. The highest BCUT2D eigenvalue weighted by molar-refractivity contribution is 5.92. The molecule has 2 heterocycles. The highest BCUT2D eigenvalue weighted by atomic mass is 16.3. The Morgan fingerprint density at radius 3 is 2.76 bits per heavy atom. The van der Waals surface area contributed by atoms with Gasteiger partial charge in [0.05, 0.1) is 13.1 Å². The van der Waals surface area contributed by atoms with Crippen LogP contribution in [-0.4, -0.2) is 34.6 Å². The van der Waals surface area contributed by atoms with Crippen molar-refractivity contribution in [2.75, 3.05) is 13.1 Å². The molecule has 4 heteroatoms. The summed E-state index contributed by atoms with van der Waals surface area (Å²) < 4.78 is 5.74. The Kier molecular flexibility index (Phi) is 2.80. The van der Waals surface area contributed by atoms with Crippen LogP contribution in [0.3, 0.4) is 0 Å². The van der Waals surface area contributed by atoms with Crippen molar-refractivity contribution in [1.29, 1.82) is 0 Å². The monoisotopic (exact) mass is 287 g/mol. The zero-order valence-electron chi connectivity index (χ0n) is 12.3. The molecule has 0 aromatic carbocycles. The molecule has 4 rings (SSSR count). The van der Waals surface area contributed by atoms with Gasteiger partial charge in [0.25, 0.3) is 0 Å². The van der Waals surface area contributed by atoms with Crippen molar-refractivity contribution in [1.82, 2.24) is 4.90 Å². The van der Waals surface area contributed by atoms with Gasteiger partial charge in [-0.3, -0.25) is 4.79 Å². The first-order valence-electron chi connectivity index (χ1n) is 7.84. The van der Waals surface area contributed by atoms with E-state index in [0.29, 0.717) is 24.9 Å². The van der Waals surface area contributed by atoms with E-state index in [0.717, 1.165) is 30.3 Å². The van der Waals surface area contributed by atoms with Crippen molar-refractivity contribution in [3.8, 4) is 0 Å². The second-order valence-corrected chi connectivity index (χ2v) is 6.97. The van der Waals surface area contributed by atoms with Gasteiger partial charge in [-0.15, -0.1) is 0 Å². The third-order valence-corrected chi connectivity index (χ3v) is 5.09. The normalized spacial score (nSPS) is 30.5. The van der Waals surface area contributed by atoms with E-state index in [2.05, 4.69) is 6.92 Å². The van der Waals surface area contributed by atoms with Gasteiger partial charge in [0, 0.05) is 12.0 Å². The van der Waals surface area contributed by atoms with Crippen LogP contribution in [0.2, 0.25) is 0 Å². The van der Waals surface area contributed by atoms with Crippen LogP contribution in [-0.2, 0) is 4.79 Å². The van der Waals surface area contributed by atoms with Crippen LogP contribution in [0.25, 0.3) is 6.08 Å². The Labute approximate surface area is 124 Å². The number of likely N-dealkylation sites (tertiary alicyclic amines) is 1. The first kappa shape index (κ1) is 13.1. The van der Waals surface area contributed by atoms with Crippen LogP contribution in [0.1, 0.15) is 43.6 Å². The Morgan fingerprint density at radius 2 is 2.14 bits per heavy atom. The average Bonchev–Trinajstić information content (AvgIpc) is 3.33. The standard InChI is InChI=1S/C17H21NO3/c1-11-8-14(11)15-6-4-13(21-15)5-7-16(19)18-9-17(20,10-18)12-2-3-12/h4-7,11-12,14,20H,2-3,8-10H2,1H3/b7-5+/t11-,14-/m1/s1. The lowest BCUT2D eigenvalue weighted by Crippen LogP contribution is -2.64. The van der Waals surface area contributed by atoms with E-state index < -0.39 is 5.60 Å². The van der Waals surface area contributed by atoms with Gasteiger partial charge in [0.15, 0.2) is 0 Å². The van der Waals surface area contributed by atoms with Crippen LogP contribution in [0, 0.1) is 11.8 Å². The first-order valence-corrected chi connectivity index (χ1v) is 7.84. The van der Waals surface area contributed by atoms with Crippen LogP contribution >= 0.6 is 0 Å². The summed E-state index contributed by atoms with van der Waals surface area (Å²) in [5, 5.41) is 10.2. The molecule has 0 unspecified atom stereocenters. The predicted octanol–water partition coefficient (Wildman–Crippen LogP) is 2.40. The average molecular weight is 287 g/mol. The van der Waals surface area contributed by atoms with E-state index in [1.165, 1.54) is 6.42 Å². The fourth-order valence-electron chi connectivity index (χ4n) is 3.28. The molecule has 2 aliphatic carbocycles. The van der Waals surface area contributed by atoms with Gasteiger partial charge >= 0.3 is 0 Å². The summed E-state index contributed by atoms with van der Waals surface area (Å²) in [5.41, 5.74) is -0.608. The number of nitrogens with zero attached hydrogens (tertiary/aromatic N) is 1. The summed E-state index contributed by atoms with van der Waals surface area (Å²) in [4.78, 5) is 13.7. The van der Waals surface area contributed by atoms with Crippen molar-refractivity contribution in [3.63, 3.8) is 0 Å². The summed E-state index contributed by atoms with van der Waals surface area (Å²) in [6, 6.07) is 3.93. The topological polar surface area (TPSA) is 53.7 Å². The molecule has 0 radical (unpaired) electrons. The Hall–Kier alpha value is -1.55. The minimum Gasteiger partial charge on any atom is -0.461 e. The Morgan fingerprint density at radius 1 is 1.43 bits per heavy atom. The number of carbonyl (C=O) groups is 1. The Balaban J connectivity index is 1.33. The molecule has 0 spiro atoms. The summed E-state index contributed by atoms with van der Waals surface area (Å²) >= 11 is 0. The molecule has 4 nitrogen and oxygen atoms in total. The van der Waals surface area contributed by atoms with E-state index in [4.69, 9.17) is 4.42 Å². The number of rotatable bonds is 4. The van der Waals surface area contributed by atoms with Crippen LogP contribution in [0.4, 0.5) is 0 Å². The SMILES string of the molecule is C[C@@H]1C[C@H]1c1ccc(/C=C/C(=O)N2CC(O)(C3CC3)C2)o1. The molecule has 1 saturated heterocycles. The third kappa shape index (κ3) is 2.42. The second-order valence-electron chi connectivity index (χ2n) is 6.97. The minimum absolute atomic E-state index is 0.0435. The second kappa shape index (κ2) is 4.47. The van der Waals surface area contributed by atoms with Crippen molar-refractivity contribution in [2.45, 2.75) is 37.7 Å². The summed E-state index contributed by atoms with van der Waals surface area (Å²) in [6.07, 6.45) is 6.67. The van der Waals surface area contributed by atoms with E-state index in [9.17, 15) is 9.90 Å². The van der Waals surface area contributed by atoms with E-state index in [-0.39, 0.29) is 5.91 Å². The van der Waals surface area contributed by atoms with Crippen LogP contribution < -0.4 is 0 Å². The number of aliphatic hydroxyl groups is 1. The van der Waals surface area contributed by atoms with E-state index in [1.54, 1.807) is 17.1 Å². The maximum atomic E-state index is 12.0. The lowest BCUT2D eigenvalue weighted by Gasteiger charge is -2.46. The van der Waals surface area contributed by atoms with Gasteiger partial charge in [-0.05, 0) is 49.3 Å². The van der Waals surface area contributed by atoms with E-state index in [1.807, 2.05) is 12.1 Å². The number of furan rings is 1. The molecule has 2 atom stereocenters. The molecule has 1 N–H and O–H groups in total. The largest absolute Gasteiger partial charge is 0.461 e. The number of carbonyl (C=O) groups excluding carboxylic acids is 1.